The molecule has 1 unspecified atom stereocenters. The first-order valence-corrected chi connectivity index (χ1v) is 8.10. The minimum absolute atomic E-state index is 0.115. The molecule has 0 aliphatic heterocycles. The fourth-order valence-corrected chi connectivity index (χ4v) is 2.84. The monoisotopic (exact) mass is 325 g/mol. The zero-order valence-corrected chi connectivity index (χ0v) is 14.0. The van der Waals surface area contributed by atoms with Crippen LogP contribution in [0.4, 0.5) is 0 Å². The second-order valence-electron chi connectivity index (χ2n) is 4.98. The smallest absolute Gasteiger partial charge is 0.110 e. The zero-order chi connectivity index (χ0) is 15.2. The van der Waals surface area contributed by atoms with Gasteiger partial charge in [-0.2, -0.15) is 0 Å². The summed E-state index contributed by atoms with van der Waals surface area (Å²) in [7, 11) is 0. The van der Waals surface area contributed by atoms with Crippen molar-refractivity contribution in [2.75, 3.05) is 6.54 Å². The number of rotatable bonds is 7. The van der Waals surface area contributed by atoms with Crippen LogP contribution in [0.3, 0.4) is 0 Å². The van der Waals surface area contributed by atoms with E-state index in [9.17, 15) is 0 Å². The molecule has 0 radical (unpaired) electrons. The fourth-order valence-electron chi connectivity index (χ4n) is 2.40. The maximum atomic E-state index is 6.38. The summed E-state index contributed by atoms with van der Waals surface area (Å²) in [5.41, 5.74) is 1.03. The average Bonchev–Trinajstić information content (AvgIpc) is 2.93. The summed E-state index contributed by atoms with van der Waals surface area (Å²) in [6.07, 6.45) is 5.71. The third-order valence-corrected chi connectivity index (χ3v) is 4.36. The van der Waals surface area contributed by atoms with Crippen LogP contribution in [-0.4, -0.2) is 16.1 Å². The van der Waals surface area contributed by atoms with E-state index in [1.165, 1.54) is 0 Å². The first-order valence-electron chi connectivity index (χ1n) is 7.34. The Morgan fingerprint density at radius 1 is 1.29 bits per heavy atom. The lowest BCUT2D eigenvalue weighted by molar-refractivity contribution is 0.506. The van der Waals surface area contributed by atoms with E-state index in [0.29, 0.717) is 10.0 Å². The topological polar surface area (TPSA) is 29.9 Å². The van der Waals surface area contributed by atoms with Crippen LogP contribution in [0.2, 0.25) is 10.0 Å². The number of aryl methyl sites for hydroxylation is 1. The highest BCUT2D eigenvalue weighted by atomic mass is 35.5. The molecule has 1 aromatic carbocycles. The molecule has 21 heavy (non-hydrogen) atoms. The van der Waals surface area contributed by atoms with Crippen molar-refractivity contribution in [1.29, 1.82) is 0 Å². The molecular formula is C16H21Cl2N3. The molecule has 1 N–H and O–H groups in total. The number of hydrogen-bond donors (Lipinski definition) is 1. The first-order chi connectivity index (χ1) is 10.2. The Kier molecular flexibility index (Phi) is 6.09. The zero-order valence-electron chi connectivity index (χ0n) is 12.4. The number of imidazole rings is 1. The molecule has 0 aliphatic rings. The van der Waals surface area contributed by atoms with Crippen LogP contribution in [0.15, 0.2) is 30.6 Å². The van der Waals surface area contributed by atoms with Gasteiger partial charge in [0.05, 0.1) is 10.0 Å². The van der Waals surface area contributed by atoms with Crippen molar-refractivity contribution < 1.29 is 0 Å². The molecular weight excluding hydrogens is 305 g/mol. The quantitative estimate of drug-likeness (QED) is 0.812. The van der Waals surface area contributed by atoms with Crippen molar-refractivity contribution >= 4 is 23.2 Å². The lowest BCUT2D eigenvalue weighted by atomic mass is 10.0. The minimum atomic E-state index is 0.115. The number of hydrogen-bond acceptors (Lipinski definition) is 2. The predicted octanol–water partition coefficient (Wildman–Crippen LogP) is 4.49. The maximum Gasteiger partial charge on any atom is 0.110 e. The van der Waals surface area contributed by atoms with E-state index < -0.39 is 0 Å². The van der Waals surface area contributed by atoms with Gasteiger partial charge in [0.2, 0.25) is 0 Å². The molecule has 5 heteroatoms. The molecule has 2 aromatic rings. The molecule has 0 saturated carbocycles. The van der Waals surface area contributed by atoms with Gasteiger partial charge in [0.15, 0.2) is 0 Å². The predicted molar refractivity (Wildman–Crippen MR) is 89.1 cm³/mol. The van der Waals surface area contributed by atoms with Gasteiger partial charge in [0.1, 0.15) is 5.82 Å². The van der Waals surface area contributed by atoms with Crippen molar-refractivity contribution in [1.82, 2.24) is 14.9 Å². The highest BCUT2D eigenvalue weighted by Gasteiger charge is 2.18. The average molecular weight is 326 g/mol. The van der Waals surface area contributed by atoms with Gasteiger partial charge in [-0.15, -0.1) is 0 Å². The Labute approximate surface area is 136 Å². The summed E-state index contributed by atoms with van der Waals surface area (Å²) in [6, 6.07) is 5.90. The Balaban J connectivity index is 2.28. The molecule has 0 bridgehead atoms. The second kappa shape index (κ2) is 7.83. The van der Waals surface area contributed by atoms with Gasteiger partial charge in [0.25, 0.3) is 0 Å². The molecule has 0 fully saturated rings. The van der Waals surface area contributed by atoms with Crippen LogP contribution < -0.4 is 5.32 Å². The first kappa shape index (κ1) is 16.3. The van der Waals surface area contributed by atoms with Crippen molar-refractivity contribution in [3.8, 4) is 0 Å². The standard InChI is InChI=1S/C16H21Cl2N3/c1-3-8-19-14(11-15-20-9-10-21(15)4-2)12-6-5-7-13(17)16(12)18/h5-7,9-10,14,19H,3-4,8,11H2,1-2H3. The van der Waals surface area contributed by atoms with Crippen molar-refractivity contribution in [2.45, 2.75) is 39.3 Å². The van der Waals surface area contributed by atoms with E-state index in [1.807, 2.05) is 30.6 Å². The molecule has 0 saturated heterocycles. The third kappa shape index (κ3) is 4.00. The van der Waals surface area contributed by atoms with E-state index in [4.69, 9.17) is 23.2 Å². The molecule has 0 amide bonds. The molecule has 1 heterocycles. The van der Waals surface area contributed by atoms with Gasteiger partial charge < -0.3 is 9.88 Å². The molecule has 2 rings (SSSR count). The van der Waals surface area contributed by atoms with E-state index >= 15 is 0 Å². The number of aromatic nitrogens is 2. The summed E-state index contributed by atoms with van der Waals surface area (Å²) in [5, 5.41) is 4.77. The van der Waals surface area contributed by atoms with Gasteiger partial charge in [-0.25, -0.2) is 4.98 Å². The van der Waals surface area contributed by atoms with Gasteiger partial charge >= 0.3 is 0 Å². The molecule has 1 aromatic heterocycles. The van der Waals surface area contributed by atoms with Gasteiger partial charge in [-0.1, -0.05) is 42.3 Å². The fraction of sp³-hybridized carbons (Fsp3) is 0.438. The second-order valence-corrected chi connectivity index (χ2v) is 5.77. The van der Waals surface area contributed by atoms with Crippen LogP contribution in [-0.2, 0) is 13.0 Å². The van der Waals surface area contributed by atoms with Crippen LogP contribution in [0.1, 0.15) is 37.7 Å². The SMILES string of the molecule is CCCNC(Cc1nccn1CC)c1cccc(Cl)c1Cl. The lowest BCUT2D eigenvalue weighted by Gasteiger charge is -2.21. The van der Waals surface area contributed by atoms with E-state index in [-0.39, 0.29) is 6.04 Å². The lowest BCUT2D eigenvalue weighted by Crippen LogP contribution is -2.25. The number of nitrogens with one attached hydrogen (secondary N) is 1. The Morgan fingerprint density at radius 2 is 2.10 bits per heavy atom. The number of nitrogens with zero attached hydrogens (tertiary/aromatic N) is 2. The molecule has 1 atom stereocenters. The summed E-state index contributed by atoms with van der Waals surface area (Å²) in [6.45, 7) is 6.11. The Morgan fingerprint density at radius 3 is 2.81 bits per heavy atom. The summed E-state index contributed by atoms with van der Waals surface area (Å²) in [5.74, 6) is 1.06. The Bertz CT molecular complexity index is 581. The molecule has 0 aliphatic carbocycles. The van der Waals surface area contributed by atoms with E-state index in [1.54, 1.807) is 0 Å². The maximum absolute atomic E-state index is 6.38. The Hall–Kier alpha value is -1.03. The van der Waals surface area contributed by atoms with Gasteiger partial charge in [-0.05, 0) is 31.5 Å². The third-order valence-electron chi connectivity index (χ3n) is 3.53. The molecule has 0 spiro atoms. The van der Waals surface area contributed by atoms with Crippen molar-refractivity contribution in [3.63, 3.8) is 0 Å². The van der Waals surface area contributed by atoms with Crippen LogP contribution in [0.5, 0.6) is 0 Å². The normalized spacial score (nSPS) is 12.6. The molecule has 3 nitrogen and oxygen atoms in total. The summed E-state index contributed by atoms with van der Waals surface area (Å²) >= 11 is 12.5. The van der Waals surface area contributed by atoms with Crippen LogP contribution >= 0.6 is 23.2 Å². The van der Waals surface area contributed by atoms with Crippen molar-refractivity contribution in [3.05, 3.63) is 52.0 Å². The van der Waals surface area contributed by atoms with Crippen LogP contribution in [0, 0.1) is 0 Å². The highest BCUT2D eigenvalue weighted by Crippen LogP contribution is 2.31. The molecule has 114 valence electrons. The highest BCUT2D eigenvalue weighted by molar-refractivity contribution is 6.42. The minimum Gasteiger partial charge on any atom is -0.335 e. The largest absolute Gasteiger partial charge is 0.335 e. The van der Waals surface area contributed by atoms with E-state index in [2.05, 4.69) is 28.7 Å². The van der Waals surface area contributed by atoms with Gasteiger partial charge in [-0.3, -0.25) is 0 Å². The van der Waals surface area contributed by atoms with Crippen molar-refractivity contribution in [2.24, 2.45) is 0 Å². The summed E-state index contributed by atoms with van der Waals surface area (Å²) < 4.78 is 2.15. The summed E-state index contributed by atoms with van der Waals surface area (Å²) in [4.78, 5) is 4.46. The number of halogens is 2. The van der Waals surface area contributed by atoms with Crippen LogP contribution in [0.25, 0.3) is 0 Å². The van der Waals surface area contributed by atoms with Gasteiger partial charge in [0, 0.05) is 31.4 Å². The van der Waals surface area contributed by atoms with E-state index in [0.717, 1.165) is 37.3 Å². The number of benzene rings is 1.